The smallest absolute Gasteiger partial charge is 0.323 e. The summed E-state index contributed by atoms with van der Waals surface area (Å²) in [6.07, 6.45) is -1.32. The summed E-state index contributed by atoms with van der Waals surface area (Å²) >= 11 is 9.03. The van der Waals surface area contributed by atoms with Crippen molar-refractivity contribution in [2.24, 2.45) is 5.73 Å². The largest absolute Gasteiger partial charge is 0.480 e. The van der Waals surface area contributed by atoms with Crippen LogP contribution < -0.4 is 5.73 Å². The lowest BCUT2D eigenvalue weighted by molar-refractivity contribution is -0.141. The third kappa shape index (κ3) is 2.92. The fourth-order valence-electron chi connectivity index (χ4n) is 1.07. The van der Waals surface area contributed by atoms with Gasteiger partial charge in [-0.1, -0.05) is 33.6 Å². The quantitative estimate of drug-likeness (QED) is 0.790. The predicted molar refractivity (Wildman–Crippen MR) is 59.7 cm³/mol. The normalized spacial score (nSPS) is 14.7. The van der Waals surface area contributed by atoms with Gasteiger partial charge in [-0.15, -0.1) is 0 Å². The van der Waals surface area contributed by atoms with Gasteiger partial charge in [0.1, 0.15) is 12.1 Å². The molecule has 0 amide bonds. The van der Waals surface area contributed by atoms with Crippen LogP contribution in [-0.2, 0) is 4.79 Å². The van der Waals surface area contributed by atoms with E-state index in [0.717, 1.165) is 4.47 Å². The summed E-state index contributed by atoms with van der Waals surface area (Å²) in [6.45, 7) is 0. The van der Waals surface area contributed by atoms with Crippen molar-refractivity contribution in [1.29, 1.82) is 0 Å². The topological polar surface area (TPSA) is 83.6 Å². The summed E-state index contributed by atoms with van der Waals surface area (Å²) in [7, 11) is 0. The van der Waals surface area contributed by atoms with Crippen LogP contribution in [0.3, 0.4) is 0 Å². The fraction of sp³-hybridized carbons (Fsp3) is 0.222. The molecular formula is C9H9BrClNO3. The van der Waals surface area contributed by atoms with Gasteiger partial charge in [0, 0.05) is 15.1 Å². The monoisotopic (exact) mass is 293 g/mol. The Morgan fingerprint density at radius 3 is 2.60 bits per heavy atom. The molecule has 0 heterocycles. The van der Waals surface area contributed by atoms with Crippen LogP contribution in [0, 0.1) is 0 Å². The Morgan fingerprint density at radius 1 is 1.53 bits per heavy atom. The van der Waals surface area contributed by atoms with E-state index >= 15 is 0 Å². The molecule has 1 aromatic carbocycles. The Balaban J connectivity index is 3.01. The van der Waals surface area contributed by atoms with Crippen LogP contribution in [0.4, 0.5) is 0 Å². The Labute approximate surface area is 99.8 Å². The van der Waals surface area contributed by atoms with Gasteiger partial charge in [0.2, 0.25) is 0 Å². The van der Waals surface area contributed by atoms with E-state index in [9.17, 15) is 9.90 Å². The molecule has 0 aliphatic carbocycles. The lowest BCUT2D eigenvalue weighted by Crippen LogP contribution is -2.36. The summed E-state index contributed by atoms with van der Waals surface area (Å²) in [6, 6.07) is 3.36. The Morgan fingerprint density at radius 2 is 2.13 bits per heavy atom. The second-order valence-corrected chi connectivity index (χ2v) is 4.30. The first kappa shape index (κ1) is 12.4. The van der Waals surface area contributed by atoms with E-state index in [1.54, 1.807) is 12.1 Å². The van der Waals surface area contributed by atoms with Crippen molar-refractivity contribution in [3.63, 3.8) is 0 Å². The maximum absolute atomic E-state index is 10.6. The van der Waals surface area contributed by atoms with E-state index in [2.05, 4.69) is 15.9 Å². The molecule has 15 heavy (non-hydrogen) atoms. The third-order valence-electron chi connectivity index (χ3n) is 1.91. The number of halogens is 2. The van der Waals surface area contributed by atoms with Gasteiger partial charge in [0.05, 0.1) is 0 Å². The molecule has 0 radical (unpaired) electrons. The first-order valence-electron chi connectivity index (χ1n) is 4.05. The number of carboxylic acids is 1. The Kier molecular flexibility index (Phi) is 4.10. The van der Waals surface area contributed by atoms with Crippen molar-refractivity contribution in [2.45, 2.75) is 12.1 Å². The highest BCUT2D eigenvalue weighted by atomic mass is 79.9. The number of aliphatic hydroxyl groups excluding tert-OH is 1. The molecule has 2 unspecified atom stereocenters. The molecule has 0 spiro atoms. The van der Waals surface area contributed by atoms with Gasteiger partial charge in [-0.2, -0.15) is 0 Å². The van der Waals surface area contributed by atoms with Crippen molar-refractivity contribution in [1.82, 2.24) is 0 Å². The van der Waals surface area contributed by atoms with Gasteiger partial charge in [0.15, 0.2) is 0 Å². The Bertz CT molecular complexity index is 386. The van der Waals surface area contributed by atoms with Crippen molar-refractivity contribution in [3.05, 3.63) is 33.3 Å². The van der Waals surface area contributed by atoms with Gasteiger partial charge in [-0.05, 0) is 12.1 Å². The highest BCUT2D eigenvalue weighted by molar-refractivity contribution is 9.10. The highest BCUT2D eigenvalue weighted by Crippen LogP contribution is 2.27. The van der Waals surface area contributed by atoms with E-state index in [1.165, 1.54) is 6.07 Å². The van der Waals surface area contributed by atoms with E-state index < -0.39 is 18.1 Å². The van der Waals surface area contributed by atoms with Crippen LogP contribution in [0.2, 0.25) is 5.02 Å². The minimum Gasteiger partial charge on any atom is -0.480 e. The zero-order valence-electron chi connectivity index (χ0n) is 7.52. The second-order valence-electron chi connectivity index (χ2n) is 2.97. The summed E-state index contributed by atoms with van der Waals surface area (Å²) in [5.41, 5.74) is 5.58. The maximum atomic E-state index is 10.6. The van der Waals surface area contributed by atoms with E-state index in [-0.39, 0.29) is 5.02 Å². The summed E-state index contributed by atoms with van der Waals surface area (Å²) < 4.78 is 0.743. The number of hydrogen-bond acceptors (Lipinski definition) is 3. The van der Waals surface area contributed by atoms with Crippen LogP contribution in [-0.4, -0.2) is 22.2 Å². The molecule has 1 rings (SSSR count). The fourth-order valence-corrected chi connectivity index (χ4v) is 1.86. The average Bonchev–Trinajstić information content (AvgIpc) is 2.15. The molecule has 82 valence electrons. The Hall–Kier alpha value is -0.620. The van der Waals surface area contributed by atoms with Crippen molar-refractivity contribution < 1.29 is 15.0 Å². The van der Waals surface area contributed by atoms with Crippen LogP contribution >= 0.6 is 27.5 Å². The van der Waals surface area contributed by atoms with Crippen LogP contribution in [0.5, 0.6) is 0 Å². The number of carboxylic acid groups (broad SMARTS) is 1. The molecule has 4 N–H and O–H groups in total. The third-order valence-corrected chi connectivity index (χ3v) is 2.73. The van der Waals surface area contributed by atoms with Gasteiger partial charge in [0.25, 0.3) is 0 Å². The number of nitrogens with two attached hydrogens (primary N) is 1. The molecule has 0 aromatic heterocycles. The molecule has 2 atom stereocenters. The van der Waals surface area contributed by atoms with Gasteiger partial charge < -0.3 is 15.9 Å². The molecule has 0 aliphatic rings. The van der Waals surface area contributed by atoms with Crippen LogP contribution in [0.1, 0.15) is 11.7 Å². The molecule has 6 heteroatoms. The standard InChI is InChI=1S/C9H9BrClNO3/c10-4-1-2-5(6(11)3-4)8(13)7(12)9(14)15/h1-3,7-8,13H,12H2,(H,14,15). The molecular weight excluding hydrogens is 285 g/mol. The average molecular weight is 295 g/mol. The van der Waals surface area contributed by atoms with E-state index in [4.69, 9.17) is 22.4 Å². The number of hydrogen-bond donors (Lipinski definition) is 3. The molecule has 4 nitrogen and oxygen atoms in total. The van der Waals surface area contributed by atoms with Crippen LogP contribution in [0.25, 0.3) is 0 Å². The SMILES string of the molecule is NC(C(=O)O)C(O)c1ccc(Br)cc1Cl. The summed E-state index contributed by atoms with van der Waals surface area (Å²) in [5.74, 6) is -1.28. The lowest BCUT2D eigenvalue weighted by Gasteiger charge is -2.16. The number of benzene rings is 1. The zero-order chi connectivity index (χ0) is 11.6. The van der Waals surface area contributed by atoms with E-state index in [0.29, 0.717) is 5.56 Å². The molecule has 0 fully saturated rings. The van der Waals surface area contributed by atoms with Gasteiger partial charge in [-0.3, -0.25) is 4.79 Å². The van der Waals surface area contributed by atoms with Gasteiger partial charge >= 0.3 is 5.97 Å². The van der Waals surface area contributed by atoms with Gasteiger partial charge in [-0.25, -0.2) is 0 Å². The minimum atomic E-state index is -1.39. The highest BCUT2D eigenvalue weighted by Gasteiger charge is 2.25. The molecule has 0 bridgehead atoms. The summed E-state index contributed by atoms with van der Waals surface area (Å²) in [4.78, 5) is 10.6. The molecule has 1 aromatic rings. The maximum Gasteiger partial charge on any atom is 0.323 e. The van der Waals surface area contributed by atoms with E-state index in [1.807, 2.05) is 0 Å². The van der Waals surface area contributed by atoms with Crippen molar-refractivity contribution in [2.75, 3.05) is 0 Å². The minimum absolute atomic E-state index is 0.272. The number of rotatable bonds is 3. The second kappa shape index (κ2) is 4.94. The predicted octanol–water partition coefficient (Wildman–Crippen LogP) is 1.55. The molecule has 0 saturated heterocycles. The lowest BCUT2D eigenvalue weighted by atomic mass is 10.0. The molecule has 0 saturated carbocycles. The molecule has 0 aliphatic heterocycles. The van der Waals surface area contributed by atoms with Crippen LogP contribution in [0.15, 0.2) is 22.7 Å². The van der Waals surface area contributed by atoms with Crippen molar-refractivity contribution >= 4 is 33.5 Å². The first-order chi connectivity index (χ1) is 6.93. The zero-order valence-corrected chi connectivity index (χ0v) is 9.86. The first-order valence-corrected chi connectivity index (χ1v) is 5.22. The van der Waals surface area contributed by atoms with Crippen molar-refractivity contribution in [3.8, 4) is 0 Å². The number of aliphatic carboxylic acids is 1. The number of aliphatic hydroxyl groups is 1. The summed E-state index contributed by atoms with van der Waals surface area (Å²) in [5, 5.41) is 18.5. The number of carbonyl (C=O) groups is 1.